The standard InChI is InChI=1S/C11H21NOS/c1-9(11(13)12(2)3)14-8-10-6-4-5-7-10/h9-10H,4-8H2,1-3H3/t9-/m0/s1. The molecular formula is C11H21NOS. The number of rotatable bonds is 4. The van der Waals surface area contributed by atoms with Crippen LogP contribution in [0.1, 0.15) is 32.6 Å². The summed E-state index contributed by atoms with van der Waals surface area (Å²) >= 11 is 1.82. The summed E-state index contributed by atoms with van der Waals surface area (Å²) in [5.41, 5.74) is 0. The molecule has 0 aromatic rings. The van der Waals surface area contributed by atoms with E-state index in [1.165, 1.54) is 31.4 Å². The van der Waals surface area contributed by atoms with E-state index in [1.54, 1.807) is 4.90 Å². The highest BCUT2D eigenvalue weighted by atomic mass is 32.2. The van der Waals surface area contributed by atoms with Gasteiger partial charge in [0.15, 0.2) is 0 Å². The third-order valence-electron chi connectivity index (χ3n) is 2.85. The highest BCUT2D eigenvalue weighted by Crippen LogP contribution is 2.29. The molecule has 1 fully saturated rings. The highest BCUT2D eigenvalue weighted by molar-refractivity contribution is 8.00. The fourth-order valence-electron chi connectivity index (χ4n) is 1.89. The fourth-order valence-corrected chi connectivity index (χ4v) is 3.14. The summed E-state index contributed by atoms with van der Waals surface area (Å²) in [6.07, 6.45) is 5.52. The van der Waals surface area contributed by atoms with Crippen LogP contribution in [0.5, 0.6) is 0 Å². The molecule has 0 N–H and O–H groups in total. The molecule has 0 heterocycles. The predicted molar refractivity (Wildman–Crippen MR) is 62.6 cm³/mol. The molecule has 1 amide bonds. The molecule has 1 rings (SSSR count). The number of carbonyl (C=O) groups is 1. The van der Waals surface area contributed by atoms with Gasteiger partial charge in [0.2, 0.25) is 5.91 Å². The van der Waals surface area contributed by atoms with Crippen molar-refractivity contribution >= 4 is 17.7 Å². The number of thioether (sulfide) groups is 1. The molecule has 1 aliphatic rings. The van der Waals surface area contributed by atoms with Crippen molar-refractivity contribution in [1.29, 1.82) is 0 Å². The van der Waals surface area contributed by atoms with E-state index in [1.807, 2.05) is 32.8 Å². The van der Waals surface area contributed by atoms with Crippen LogP contribution in [0.25, 0.3) is 0 Å². The lowest BCUT2D eigenvalue weighted by molar-refractivity contribution is -0.127. The number of hydrogen-bond acceptors (Lipinski definition) is 2. The van der Waals surface area contributed by atoms with Crippen molar-refractivity contribution in [2.24, 2.45) is 5.92 Å². The first-order chi connectivity index (χ1) is 6.61. The fraction of sp³-hybridized carbons (Fsp3) is 0.909. The van der Waals surface area contributed by atoms with Crippen LogP contribution in [0.2, 0.25) is 0 Å². The Bertz CT molecular complexity index is 188. The number of hydrogen-bond donors (Lipinski definition) is 0. The molecular weight excluding hydrogens is 194 g/mol. The first kappa shape index (κ1) is 11.9. The molecule has 0 aromatic heterocycles. The smallest absolute Gasteiger partial charge is 0.234 e. The Kier molecular flexibility index (Phi) is 4.79. The molecule has 2 nitrogen and oxygen atoms in total. The van der Waals surface area contributed by atoms with Crippen LogP contribution in [0.4, 0.5) is 0 Å². The minimum Gasteiger partial charge on any atom is -0.348 e. The summed E-state index contributed by atoms with van der Waals surface area (Å²) in [5, 5.41) is 0.130. The molecule has 14 heavy (non-hydrogen) atoms. The maximum absolute atomic E-state index is 11.6. The normalized spacial score (nSPS) is 19.6. The van der Waals surface area contributed by atoms with Gasteiger partial charge < -0.3 is 4.90 Å². The molecule has 0 bridgehead atoms. The van der Waals surface area contributed by atoms with E-state index in [0.29, 0.717) is 0 Å². The maximum atomic E-state index is 11.6. The van der Waals surface area contributed by atoms with Gasteiger partial charge in [0.25, 0.3) is 0 Å². The van der Waals surface area contributed by atoms with Gasteiger partial charge in [-0.25, -0.2) is 0 Å². The summed E-state index contributed by atoms with van der Waals surface area (Å²) in [5.74, 6) is 2.28. The zero-order valence-corrected chi connectivity index (χ0v) is 10.3. The summed E-state index contributed by atoms with van der Waals surface area (Å²) in [4.78, 5) is 13.2. The maximum Gasteiger partial charge on any atom is 0.234 e. The Morgan fingerprint density at radius 2 is 2.00 bits per heavy atom. The van der Waals surface area contributed by atoms with Crippen molar-refractivity contribution in [2.45, 2.75) is 37.9 Å². The van der Waals surface area contributed by atoms with E-state index >= 15 is 0 Å². The van der Waals surface area contributed by atoms with Gasteiger partial charge in [-0.05, 0) is 31.4 Å². The molecule has 0 saturated heterocycles. The summed E-state index contributed by atoms with van der Waals surface area (Å²) in [6, 6.07) is 0. The van der Waals surface area contributed by atoms with Crippen LogP contribution >= 0.6 is 11.8 Å². The lowest BCUT2D eigenvalue weighted by Gasteiger charge is -2.17. The van der Waals surface area contributed by atoms with Crippen molar-refractivity contribution in [3.8, 4) is 0 Å². The molecule has 1 aliphatic carbocycles. The van der Waals surface area contributed by atoms with Crippen molar-refractivity contribution < 1.29 is 4.79 Å². The van der Waals surface area contributed by atoms with Gasteiger partial charge in [0.1, 0.15) is 0 Å². The van der Waals surface area contributed by atoms with Gasteiger partial charge in [-0.2, -0.15) is 0 Å². The van der Waals surface area contributed by atoms with Gasteiger partial charge in [-0.1, -0.05) is 12.8 Å². The van der Waals surface area contributed by atoms with Crippen molar-refractivity contribution in [3.63, 3.8) is 0 Å². The molecule has 0 aliphatic heterocycles. The Labute approximate surface area is 91.4 Å². The number of amides is 1. The Balaban J connectivity index is 2.19. The topological polar surface area (TPSA) is 20.3 Å². The average molecular weight is 215 g/mol. The predicted octanol–water partition coefficient (Wildman–Crippen LogP) is 2.39. The van der Waals surface area contributed by atoms with Crippen LogP contribution in [-0.2, 0) is 4.79 Å². The molecule has 1 atom stereocenters. The minimum atomic E-state index is 0.130. The van der Waals surface area contributed by atoms with E-state index < -0.39 is 0 Å². The molecule has 82 valence electrons. The van der Waals surface area contributed by atoms with Crippen molar-refractivity contribution in [3.05, 3.63) is 0 Å². The zero-order valence-electron chi connectivity index (χ0n) is 9.45. The summed E-state index contributed by atoms with van der Waals surface area (Å²) in [7, 11) is 3.66. The Hall–Kier alpha value is -0.180. The minimum absolute atomic E-state index is 0.130. The third-order valence-corrected chi connectivity index (χ3v) is 4.21. The van der Waals surface area contributed by atoms with Crippen LogP contribution in [0.3, 0.4) is 0 Å². The molecule has 0 spiro atoms. The van der Waals surface area contributed by atoms with Gasteiger partial charge >= 0.3 is 0 Å². The largest absolute Gasteiger partial charge is 0.348 e. The van der Waals surface area contributed by atoms with E-state index in [2.05, 4.69) is 0 Å². The molecule has 0 aromatic carbocycles. The van der Waals surface area contributed by atoms with E-state index in [9.17, 15) is 4.79 Å². The average Bonchev–Trinajstić information content (AvgIpc) is 2.65. The molecule has 3 heteroatoms. The first-order valence-electron chi connectivity index (χ1n) is 5.44. The van der Waals surface area contributed by atoms with E-state index in [0.717, 1.165) is 5.92 Å². The number of nitrogens with zero attached hydrogens (tertiary/aromatic N) is 1. The SMILES string of the molecule is C[C@H](SCC1CCCC1)C(=O)N(C)C. The lowest BCUT2D eigenvalue weighted by atomic mass is 10.1. The second-order valence-corrected chi connectivity index (χ2v) is 5.73. The summed E-state index contributed by atoms with van der Waals surface area (Å²) in [6.45, 7) is 2.02. The van der Waals surface area contributed by atoms with Crippen molar-refractivity contribution in [2.75, 3.05) is 19.8 Å². The van der Waals surface area contributed by atoms with Crippen LogP contribution in [0, 0.1) is 5.92 Å². The Morgan fingerprint density at radius 3 is 2.50 bits per heavy atom. The second kappa shape index (κ2) is 5.64. The van der Waals surface area contributed by atoms with Gasteiger partial charge in [-0.3, -0.25) is 4.79 Å². The van der Waals surface area contributed by atoms with Crippen LogP contribution < -0.4 is 0 Å². The Morgan fingerprint density at radius 1 is 1.43 bits per heavy atom. The lowest BCUT2D eigenvalue weighted by Crippen LogP contribution is -2.30. The zero-order chi connectivity index (χ0) is 10.6. The van der Waals surface area contributed by atoms with E-state index in [-0.39, 0.29) is 11.2 Å². The van der Waals surface area contributed by atoms with Gasteiger partial charge in [0, 0.05) is 14.1 Å². The van der Waals surface area contributed by atoms with E-state index in [4.69, 9.17) is 0 Å². The molecule has 1 saturated carbocycles. The first-order valence-corrected chi connectivity index (χ1v) is 6.49. The summed E-state index contributed by atoms with van der Waals surface area (Å²) < 4.78 is 0. The van der Waals surface area contributed by atoms with Crippen LogP contribution in [0.15, 0.2) is 0 Å². The quantitative estimate of drug-likeness (QED) is 0.717. The highest BCUT2D eigenvalue weighted by Gasteiger charge is 2.19. The van der Waals surface area contributed by atoms with Crippen LogP contribution in [-0.4, -0.2) is 35.9 Å². The van der Waals surface area contributed by atoms with Gasteiger partial charge in [-0.15, -0.1) is 11.8 Å². The third kappa shape index (κ3) is 3.52. The monoisotopic (exact) mass is 215 g/mol. The number of carbonyl (C=O) groups excluding carboxylic acids is 1. The van der Waals surface area contributed by atoms with Crippen molar-refractivity contribution in [1.82, 2.24) is 4.90 Å². The molecule has 0 unspecified atom stereocenters. The second-order valence-electron chi connectivity index (χ2n) is 4.36. The molecule has 0 radical (unpaired) electrons. The van der Waals surface area contributed by atoms with Gasteiger partial charge in [0.05, 0.1) is 5.25 Å².